The Morgan fingerprint density at radius 2 is 2.00 bits per heavy atom. The van der Waals surface area contributed by atoms with Crippen molar-refractivity contribution in [3.05, 3.63) is 53.8 Å². The molecule has 1 fully saturated rings. The predicted molar refractivity (Wildman–Crippen MR) is 56.6 cm³/mol. The fourth-order valence-corrected chi connectivity index (χ4v) is 2.00. The first-order valence-corrected chi connectivity index (χ1v) is 4.95. The third kappa shape index (κ3) is 1.02. The van der Waals surface area contributed by atoms with Crippen molar-refractivity contribution < 1.29 is 4.74 Å². The van der Waals surface area contributed by atoms with Crippen LogP contribution in [0.4, 0.5) is 0 Å². The van der Waals surface area contributed by atoms with E-state index in [0.717, 1.165) is 12.2 Å². The molecule has 0 spiro atoms. The monoisotopic (exact) mass is 184 g/mol. The zero-order valence-corrected chi connectivity index (χ0v) is 8.16. The maximum atomic E-state index is 5.65. The van der Waals surface area contributed by atoms with Crippen LogP contribution in [0.5, 0.6) is 0 Å². The third-order valence-electron chi connectivity index (χ3n) is 2.89. The van der Waals surface area contributed by atoms with Gasteiger partial charge in [0.1, 0.15) is 5.76 Å². The molecule has 1 aliphatic heterocycles. The second kappa shape index (κ2) is 2.50. The smallest absolute Gasteiger partial charge is 0.167 e. The van der Waals surface area contributed by atoms with E-state index in [1.54, 1.807) is 0 Å². The van der Waals surface area contributed by atoms with Gasteiger partial charge in [0.05, 0.1) is 0 Å². The summed E-state index contributed by atoms with van der Waals surface area (Å²) in [6, 6.07) is 10.4. The molecule has 0 N–H and O–H groups in total. The van der Waals surface area contributed by atoms with E-state index < -0.39 is 0 Å². The van der Waals surface area contributed by atoms with Gasteiger partial charge in [-0.25, -0.2) is 0 Å². The van der Waals surface area contributed by atoms with Crippen molar-refractivity contribution in [3.63, 3.8) is 0 Å². The summed E-state index contributed by atoms with van der Waals surface area (Å²) in [5, 5.41) is 0. The number of hydrogen-bond donors (Lipinski definition) is 0. The maximum Gasteiger partial charge on any atom is 0.167 e. The minimum absolute atomic E-state index is 0.0138. The Kier molecular flexibility index (Phi) is 1.41. The van der Waals surface area contributed by atoms with Crippen LogP contribution in [-0.4, -0.2) is 5.60 Å². The highest BCUT2D eigenvalue weighted by atomic mass is 16.6. The average Bonchev–Trinajstić information content (AvgIpc) is 2.90. The van der Waals surface area contributed by atoms with Crippen molar-refractivity contribution in [2.75, 3.05) is 0 Å². The highest BCUT2D eigenvalue weighted by molar-refractivity contribution is 5.80. The van der Waals surface area contributed by atoms with Gasteiger partial charge in [-0.2, -0.15) is 0 Å². The van der Waals surface area contributed by atoms with Crippen LogP contribution >= 0.6 is 0 Å². The van der Waals surface area contributed by atoms with Gasteiger partial charge >= 0.3 is 0 Å². The van der Waals surface area contributed by atoms with E-state index in [4.69, 9.17) is 4.74 Å². The molecule has 1 heteroatoms. The lowest BCUT2D eigenvalue weighted by Gasteiger charge is -2.05. The summed E-state index contributed by atoms with van der Waals surface area (Å²) < 4.78 is 5.65. The molecule has 0 bridgehead atoms. The lowest BCUT2D eigenvalue weighted by Crippen LogP contribution is -2.03. The minimum atomic E-state index is 0.0138. The molecular formula is C13H12O. The Morgan fingerprint density at radius 1 is 1.21 bits per heavy atom. The van der Waals surface area contributed by atoms with Crippen LogP contribution in [0.3, 0.4) is 0 Å². The number of fused-ring (bicyclic) bond motifs is 1. The van der Waals surface area contributed by atoms with Gasteiger partial charge in [0, 0.05) is 12.0 Å². The van der Waals surface area contributed by atoms with Gasteiger partial charge in [-0.05, 0) is 12.5 Å². The van der Waals surface area contributed by atoms with Crippen molar-refractivity contribution in [2.45, 2.75) is 18.9 Å². The van der Waals surface area contributed by atoms with Crippen molar-refractivity contribution in [3.8, 4) is 0 Å². The predicted octanol–water partition coefficient (Wildman–Crippen LogP) is 3.15. The number of epoxide rings is 1. The second-order valence-corrected chi connectivity index (χ2v) is 4.05. The van der Waals surface area contributed by atoms with Crippen LogP contribution in [0.1, 0.15) is 18.9 Å². The molecule has 1 unspecified atom stereocenters. The van der Waals surface area contributed by atoms with E-state index in [9.17, 15) is 0 Å². The molecule has 14 heavy (non-hydrogen) atoms. The van der Waals surface area contributed by atoms with Gasteiger partial charge in [-0.1, -0.05) is 42.5 Å². The molecular weight excluding hydrogens is 172 g/mol. The summed E-state index contributed by atoms with van der Waals surface area (Å²) in [6.45, 7) is 2.15. The Labute approximate surface area is 83.7 Å². The fourth-order valence-electron chi connectivity index (χ4n) is 2.00. The summed E-state index contributed by atoms with van der Waals surface area (Å²) in [7, 11) is 0. The quantitative estimate of drug-likeness (QED) is 0.611. The van der Waals surface area contributed by atoms with E-state index in [1.807, 2.05) is 6.07 Å². The van der Waals surface area contributed by atoms with E-state index >= 15 is 0 Å². The molecule has 0 saturated carbocycles. The van der Waals surface area contributed by atoms with E-state index in [1.165, 1.54) is 11.1 Å². The topological polar surface area (TPSA) is 12.5 Å². The molecule has 1 aromatic rings. The number of hydrogen-bond acceptors (Lipinski definition) is 1. The van der Waals surface area contributed by atoms with Crippen molar-refractivity contribution in [1.82, 2.24) is 0 Å². The van der Waals surface area contributed by atoms with E-state index in [2.05, 4.69) is 43.3 Å². The number of ether oxygens (including phenoxy) is 1. The lowest BCUT2D eigenvalue weighted by molar-refractivity contribution is 0.334. The summed E-state index contributed by atoms with van der Waals surface area (Å²) in [6.07, 6.45) is 5.37. The Balaban J connectivity index is 2.09. The molecule has 3 rings (SSSR count). The van der Waals surface area contributed by atoms with Crippen molar-refractivity contribution >= 4 is 5.57 Å². The molecule has 0 aromatic heterocycles. The molecule has 1 atom stereocenters. The Hall–Kier alpha value is -1.50. The van der Waals surface area contributed by atoms with Crippen LogP contribution in [0.15, 0.2) is 48.2 Å². The number of allylic oxidation sites excluding steroid dienone is 2. The standard InChI is InChI=1S/C13H12O/c1-13-9-5-8-11(12(13)14-13)10-6-3-2-4-7-10/h2-8H,9H2,1H3. The molecule has 2 aliphatic rings. The molecule has 0 amide bonds. The van der Waals surface area contributed by atoms with E-state index in [0.29, 0.717) is 0 Å². The zero-order chi connectivity index (χ0) is 9.60. The van der Waals surface area contributed by atoms with Crippen LogP contribution < -0.4 is 0 Å². The molecule has 1 nitrogen and oxygen atoms in total. The van der Waals surface area contributed by atoms with Gasteiger partial charge in [0.15, 0.2) is 5.60 Å². The van der Waals surface area contributed by atoms with Crippen molar-refractivity contribution in [1.29, 1.82) is 0 Å². The molecule has 1 aliphatic carbocycles. The van der Waals surface area contributed by atoms with Crippen LogP contribution in [-0.2, 0) is 4.74 Å². The summed E-state index contributed by atoms with van der Waals surface area (Å²) in [4.78, 5) is 0. The number of benzene rings is 1. The summed E-state index contributed by atoms with van der Waals surface area (Å²) >= 11 is 0. The second-order valence-electron chi connectivity index (χ2n) is 4.05. The molecule has 0 radical (unpaired) electrons. The zero-order valence-electron chi connectivity index (χ0n) is 8.16. The first kappa shape index (κ1) is 7.86. The van der Waals surface area contributed by atoms with Gasteiger partial charge < -0.3 is 4.74 Å². The average molecular weight is 184 g/mol. The minimum Gasteiger partial charge on any atom is -0.479 e. The molecule has 70 valence electrons. The lowest BCUT2D eigenvalue weighted by atomic mass is 9.94. The molecule has 1 heterocycles. The first-order chi connectivity index (χ1) is 6.80. The summed E-state index contributed by atoms with van der Waals surface area (Å²) in [5.74, 6) is 1.16. The third-order valence-corrected chi connectivity index (χ3v) is 2.89. The molecule has 1 aromatic carbocycles. The van der Waals surface area contributed by atoms with Crippen LogP contribution in [0, 0.1) is 0 Å². The normalized spacial score (nSPS) is 28.4. The van der Waals surface area contributed by atoms with Gasteiger partial charge in [0.2, 0.25) is 0 Å². The Morgan fingerprint density at radius 3 is 2.79 bits per heavy atom. The van der Waals surface area contributed by atoms with Crippen LogP contribution in [0.2, 0.25) is 0 Å². The Bertz CT molecular complexity index is 428. The molecule has 1 saturated heterocycles. The highest BCUT2D eigenvalue weighted by Crippen LogP contribution is 2.50. The summed E-state index contributed by atoms with van der Waals surface area (Å²) in [5.41, 5.74) is 2.52. The highest BCUT2D eigenvalue weighted by Gasteiger charge is 2.50. The van der Waals surface area contributed by atoms with Gasteiger partial charge in [-0.15, -0.1) is 0 Å². The fraction of sp³-hybridized carbons (Fsp3) is 0.231. The number of rotatable bonds is 1. The van der Waals surface area contributed by atoms with E-state index in [-0.39, 0.29) is 5.60 Å². The van der Waals surface area contributed by atoms with Gasteiger partial charge in [0.25, 0.3) is 0 Å². The maximum absolute atomic E-state index is 5.65. The largest absolute Gasteiger partial charge is 0.479 e. The van der Waals surface area contributed by atoms with Crippen LogP contribution in [0.25, 0.3) is 5.57 Å². The first-order valence-electron chi connectivity index (χ1n) is 4.95. The SMILES string of the molecule is CC12CC=CC(c3ccccc3)=C1O2. The van der Waals surface area contributed by atoms with Crippen molar-refractivity contribution in [2.24, 2.45) is 0 Å². The van der Waals surface area contributed by atoms with Gasteiger partial charge in [-0.3, -0.25) is 0 Å².